The van der Waals surface area contributed by atoms with Crippen LogP contribution >= 0.6 is 11.6 Å². The summed E-state index contributed by atoms with van der Waals surface area (Å²) in [6, 6.07) is 17.8. The Morgan fingerprint density at radius 1 is 1.09 bits per heavy atom. The molecular formula is C19H16ClNO. The van der Waals surface area contributed by atoms with Crippen LogP contribution in [0.4, 0.5) is 0 Å². The monoisotopic (exact) mass is 309 g/mol. The maximum absolute atomic E-state index is 6.04. The van der Waals surface area contributed by atoms with E-state index in [1.54, 1.807) is 7.11 Å². The molecule has 0 aliphatic carbocycles. The molecule has 1 aromatic heterocycles. The van der Waals surface area contributed by atoms with Crippen molar-refractivity contribution in [1.82, 2.24) is 4.98 Å². The van der Waals surface area contributed by atoms with Crippen molar-refractivity contribution in [3.63, 3.8) is 0 Å². The summed E-state index contributed by atoms with van der Waals surface area (Å²) in [4.78, 5) is 4.65. The molecule has 0 unspecified atom stereocenters. The molecule has 0 saturated heterocycles. The molecule has 0 amide bonds. The third-order valence-electron chi connectivity index (χ3n) is 3.57. The van der Waals surface area contributed by atoms with Crippen molar-refractivity contribution < 1.29 is 4.74 Å². The maximum Gasteiger partial charge on any atom is 0.119 e. The Balaban J connectivity index is 1.99. The van der Waals surface area contributed by atoms with Crippen LogP contribution in [-0.2, 0) is 0 Å². The number of hydrogen-bond donors (Lipinski definition) is 0. The van der Waals surface area contributed by atoms with Crippen LogP contribution in [0.1, 0.15) is 18.2 Å². The highest BCUT2D eigenvalue weighted by molar-refractivity contribution is 6.31. The van der Waals surface area contributed by atoms with Crippen LogP contribution in [0.15, 0.2) is 54.6 Å². The van der Waals surface area contributed by atoms with E-state index in [1.807, 2.05) is 42.5 Å². The van der Waals surface area contributed by atoms with Crippen molar-refractivity contribution >= 4 is 34.2 Å². The summed E-state index contributed by atoms with van der Waals surface area (Å²) in [7, 11) is 1.67. The first kappa shape index (κ1) is 14.6. The minimum absolute atomic E-state index is 0.700. The van der Waals surface area contributed by atoms with Gasteiger partial charge < -0.3 is 4.74 Å². The Kier molecular flexibility index (Phi) is 4.12. The SMILES string of the molecule is COc1cccc(/C(C)=C\c2ccc3ccc(Cl)cc3n2)c1. The first-order valence-corrected chi connectivity index (χ1v) is 7.42. The number of methoxy groups -OCH3 is 1. The molecule has 0 spiro atoms. The molecule has 3 rings (SSSR count). The number of benzene rings is 2. The van der Waals surface area contributed by atoms with Crippen molar-refractivity contribution in [3.05, 3.63) is 70.9 Å². The minimum Gasteiger partial charge on any atom is -0.497 e. The van der Waals surface area contributed by atoms with Crippen molar-refractivity contribution in [2.24, 2.45) is 0 Å². The van der Waals surface area contributed by atoms with Crippen molar-refractivity contribution in [3.8, 4) is 5.75 Å². The molecule has 0 fully saturated rings. The number of aromatic nitrogens is 1. The number of rotatable bonds is 3. The van der Waals surface area contributed by atoms with Gasteiger partial charge in [0.15, 0.2) is 0 Å². The first-order valence-electron chi connectivity index (χ1n) is 7.05. The van der Waals surface area contributed by atoms with Crippen LogP contribution in [0.3, 0.4) is 0 Å². The van der Waals surface area contributed by atoms with E-state index in [2.05, 4.69) is 30.1 Å². The lowest BCUT2D eigenvalue weighted by Gasteiger charge is -2.05. The highest BCUT2D eigenvalue weighted by Gasteiger charge is 2.01. The van der Waals surface area contributed by atoms with Gasteiger partial charge in [-0.05, 0) is 54.5 Å². The molecule has 0 N–H and O–H groups in total. The normalized spacial score (nSPS) is 11.7. The summed E-state index contributed by atoms with van der Waals surface area (Å²) in [5.41, 5.74) is 4.06. The quantitative estimate of drug-likeness (QED) is 0.641. The summed E-state index contributed by atoms with van der Waals surface area (Å²) < 4.78 is 5.27. The fourth-order valence-corrected chi connectivity index (χ4v) is 2.53. The largest absolute Gasteiger partial charge is 0.497 e. The molecule has 1 heterocycles. The van der Waals surface area contributed by atoms with E-state index in [0.717, 1.165) is 33.5 Å². The lowest BCUT2D eigenvalue weighted by atomic mass is 10.1. The smallest absolute Gasteiger partial charge is 0.119 e. The highest BCUT2D eigenvalue weighted by atomic mass is 35.5. The summed E-state index contributed by atoms with van der Waals surface area (Å²) in [5.74, 6) is 0.850. The fourth-order valence-electron chi connectivity index (χ4n) is 2.36. The minimum atomic E-state index is 0.700. The van der Waals surface area contributed by atoms with Gasteiger partial charge in [-0.3, -0.25) is 0 Å². The average Bonchev–Trinajstić information content (AvgIpc) is 2.54. The molecule has 0 atom stereocenters. The van der Waals surface area contributed by atoms with Crippen LogP contribution < -0.4 is 4.74 Å². The number of allylic oxidation sites excluding steroid dienone is 1. The fraction of sp³-hybridized carbons (Fsp3) is 0.105. The summed E-state index contributed by atoms with van der Waals surface area (Å²) in [6.45, 7) is 2.07. The van der Waals surface area contributed by atoms with Crippen molar-refractivity contribution in [1.29, 1.82) is 0 Å². The molecule has 3 heteroatoms. The highest BCUT2D eigenvalue weighted by Crippen LogP contribution is 2.23. The Morgan fingerprint density at radius 3 is 2.73 bits per heavy atom. The number of hydrogen-bond acceptors (Lipinski definition) is 2. The van der Waals surface area contributed by atoms with E-state index in [9.17, 15) is 0 Å². The zero-order valence-corrected chi connectivity index (χ0v) is 13.3. The zero-order valence-electron chi connectivity index (χ0n) is 12.5. The molecule has 0 aliphatic heterocycles. The Bertz CT molecular complexity index is 855. The predicted octanol–water partition coefficient (Wildman–Crippen LogP) is 5.46. The number of nitrogens with zero attached hydrogens (tertiary/aromatic N) is 1. The Morgan fingerprint density at radius 2 is 1.91 bits per heavy atom. The van der Waals surface area contributed by atoms with Crippen LogP contribution in [0.5, 0.6) is 5.75 Å². The number of pyridine rings is 1. The van der Waals surface area contributed by atoms with Gasteiger partial charge in [0, 0.05) is 10.4 Å². The molecule has 0 bridgehead atoms. The van der Waals surface area contributed by atoms with E-state index < -0.39 is 0 Å². The van der Waals surface area contributed by atoms with E-state index in [-0.39, 0.29) is 0 Å². The maximum atomic E-state index is 6.04. The second-order valence-electron chi connectivity index (χ2n) is 5.13. The van der Waals surface area contributed by atoms with Gasteiger partial charge in [0.25, 0.3) is 0 Å². The van der Waals surface area contributed by atoms with Gasteiger partial charge in [0.05, 0.1) is 18.3 Å². The molecule has 2 nitrogen and oxygen atoms in total. The number of fused-ring (bicyclic) bond motifs is 1. The van der Waals surface area contributed by atoms with Crippen molar-refractivity contribution in [2.45, 2.75) is 6.92 Å². The standard InChI is InChI=1S/C19H16ClNO/c1-13(15-4-3-5-18(11-15)22-2)10-17-9-7-14-6-8-16(20)12-19(14)21-17/h3-12H,1-2H3/b13-10-. The van der Waals surface area contributed by atoms with E-state index in [4.69, 9.17) is 16.3 Å². The third-order valence-corrected chi connectivity index (χ3v) is 3.80. The van der Waals surface area contributed by atoms with Crippen molar-refractivity contribution in [2.75, 3.05) is 7.11 Å². The summed E-state index contributed by atoms with van der Waals surface area (Å²) >= 11 is 6.04. The predicted molar refractivity (Wildman–Crippen MR) is 93.3 cm³/mol. The summed E-state index contributed by atoms with van der Waals surface area (Å²) in [5, 5.41) is 1.78. The second-order valence-corrected chi connectivity index (χ2v) is 5.57. The second kappa shape index (κ2) is 6.20. The molecule has 0 radical (unpaired) electrons. The van der Waals surface area contributed by atoms with Gasteiger partial charge in [0.2, 0.25) is 0 Å². The average molecular weight is 310 g/mol. The molecule has 0 saturated carbocycles. The van der Waals surface area contributed by atoms with Gasteiger partial charge in [-0.2, -0.15) is 0 Å². The van der Waals surface area contributed by atoms with E-state index >= 15 is 0 Å². The van der Waals surface area contributed by atoms with Gasteiger partial charge in [0.1, 0.15) is 5.75 Å². The Labute approximate surface area is 135 Å². The molecular weight excluding hydrogens is 294 g/mol. The molecule has 2 aromatic carbocycles. The number of ether oxygens (including phenoxy) is 1. The Hall–Kier alpha value is -2.32. The topological polar surface area (TPSA) is 22.1 Å². The number of halogens is 1. The van der Waals surface area contributed by atoms with Gasteiger partial charge >= 0.3 is 0 Å². The lowest BCUT2D eigenvalue weighted by Crippen LogP contribution is -1.87. The molecule has 0 aliphatic rings. The van der Waals surface area contributed by atoms with E-state index in [0.29, 0.717) is 5.02 Å². The van der Waals surface area contributed by atoms with Gasteiger partial charge in [-0.15, -0.1) is 0 Å². The molecule has 22 heavy (non-hydrogen) atoms. The lowest BCUT2D eigenvalue weighted by molar-refractivity contribution is 0.414. The molecule has 3 aromatic rings. The van der Waals surface area contributed by atoms with Crippen LogP contribution in [0.2, 0.25) is 5.02 Å². The van der Waals surface area contributed by atoms with Gasteiger partial charge in [-0.25, -0.2) is 4.98 Å². The van der Waals surface area contributed by atoms with E-state index in [1.165, 1.54) is 0 Å². The van der Waals surface area contributed by atoms with Crippen LogP contribution in [0.25, 0.3) is 22.6 Å². The summed E-state index contributed by atoms with van der Waals surface area (Å²) in [6.07, 6.45) is 2.06. The molecule has 110 valence electrons. The van der Waals surface area contributed by atoms with Crippen LogP contribution in [0, 0.1) is 0 Å². The van der Waals surface area contributed by atoms with Crippen LogP contribution in [-0.4, -0.2) is 12.1 Å². The third kappa shape index (κ3) is 3.12. The zero-order chi connectivity index (χ0) is 15.5. The van der Waals surface area contributed by atoms with Gasteiger partial charge in [-0.1, -0.05) is 35.9 Å². The first-order chi connectivity index (χ1) is 10.7.